The van der Waals surface area contributed by atoms with Gasteiger partial charge in [0.2, 0.25) is 0 Å². The standard InChI is InChI=1S/C15H19NO/c1-2-10-4-3-5-11(8-10)15(17)13-9-12-6-7-14(13)16-12/h3-5,8,12-14,16H,2,6-7,9H2,1H3. The maximum absolute atomic E-state index is 12.5. The molecule has 1 aromatic rings. The number of hydrogen-bond donors (Lipinski definition) is 1. The Kier molecular flexibility index (Phi) is 2.75. The molecule has 3 rings (SSSR count). The number of nitrogens with one attached hydrogen (secondary N) is 1. The van der Waals surface area contributed by atoms with Gasteiger partial charge < -0.3 is 5.32 Å². The fraction of sp³-hybridized carbons (Fsp3) is 0.533. The van der Waals surface area contributed by atoms with Crippen LogP contribution in [0.4, 0.5) is 0 Å². The summed E-state index contributed by atoms with van der Waals surface area (Å²) >= 11 is 0. The van der Waals surface area contributed by atoms with E-state index in [9.17, 15) is 4.79 Å². The first-order valence-corrected chi connectivity index (χ1v) is 6.67. The van der Waals surface area contributed by atoms with Crippen LogP contribution in [0.25, 0.3) is 0 Å². The van der Waals surface area contributed by atoms with Gasteiger partial charge in [-0.25, -0.2) is 0 Å². The van der Waals surface area contributed by atoms with Crippen molar-refractivity contribution in [1.82, 2.24) is 5.32 Å². The molecule has 2 aliphatic rings. The first-order valence-electron chi connectivity index (χ1n) is 6.67. The maximum Gasteiger partial charge on any atom is 0.167 e. The smallest absolute Gasteiger partial charge is 0.167 e. The first-order chi connectivity index (χ1) is 8.28. The van der Waals surface area contributed by atoms with E-state index in [-0.39, 0.29) is 5.92 Å². The molecule has 0 amide bonds. The third-order valence-electron chi connectivity index (χ3n) is 4.26. The lowest BCUT2D eigenvalue weighted by atomic mass is 9.83. The normalized spacial score (nSPS) is 30.8. The highest BCUT2D eigenvalue weighted by Gasteiger charge is 2.42. The van der Waals surface area contributed by atoms with E-state index in [0.717, 1.165) is 18.4 Å². The predicted octanol–water partition coefficient (Wildman–Crippen LogP) is 2.57. The van der Waals surface area contributed by atoms with E-state index < -0.39 is 0 Å². The molecule has 2 bridgehead atoms. The van der Waals surface area contributed by atoms with Crippen LogP contribution in [0.2, 0.25) is 0 Å². The Morgan fingerprint density at radius 1 is 1.41 bits per heavy atom. The zero-order valence-electron chi connectivity index (χ0n) is 10.3. The van der Waals surface area contributed by atoms with Crippen LogP contribution in [-0.2, 0) is 6.42 Å². The van der Waals surface area contributed by atoms with E-state index in [1.807, 2.05) is 12.1 Å². The summed E-state index contributed by atoms with van der Waals surface area (Å²) in [7, 11) is 0. The molecule has 2 heteroatoms. The Hall–Kier alpha value is -1.15. The van der Waals surface area contributed by atoms with Gasteiger partial charge in [-0.3, -0.25) is 4.79 Å². The quantitative estimate of drug-likeness (QED) is 0.807. The van der Waals surface area contributed by atoms with Gasteiger partial charge in [0.05, 0.1) is 0 Å². The molecule has 0 aromatic heterocycles. The van der Waals surface area contributed by atoms with Gasteiger partial charge in [0.15, 0.2) is 5.78 Å². The second-order valence-corrected chi connectivity index (χ2v) is 5.31. The molecule has 0 aliphatic carbocycles. The van der Waals surface area contributed by atoms with Crippen molar-refractivity contribution >= 4 is 5.78 Å². The van der Waals surface area contributed by atoms with E-state index in [0.29, 0.717) is 17.9 Å². The largest absolute Gasteiger partial charge is 0.310 e. The topological polar surface area (TPSA) is 29.1 Å². The Labute approximate surface area is 102 Å². The summed E-state index contributed by atoms with van der Waals surface area (Å²) in [5.41, 5.74) is 2.16. The monoisotopic (exact) mass is 229 g/mol. The molecule has 2 saturated heterocycles. The predicted molar refractivity (Wildman–Crippen MR) is 68.2 cm³/mol. The van der Waals surface area contributed by atoms with Gasteiger partial charge in [-0.05, 0) is 37.3 Å². The number of benzene rings is 1. The number of Topliss-reactive ketones (excluding diaryl/α,β-unsaturated/α-hetero) is 1. The molecule has 2 nitrogen and oxygen atoms in total. The molecule has 90 valence electrons. The zero-order valence-corrected chi connectivity index (χ0v) is 10.3. The average Bonchev–Trinajstić information content (AvgIpc) is 3.00. The van der Waals surface area contributed by atoms with Crippen molar-refractivity contribution in [3.8, 4) is 0 Å². The van der Waals surface area contributed by atoms with Gasteiger partial charge in [0.25, 0.3) is 0 Å². The van der Waals surface area contributed by atoms with Crippen molar-refractivity contribution in [1.29, 1.82) is 0 Å². The van der Waals surface area contributed by atoms with E-state index >= 15 is 0 Å². The Balaban J connectivity index is 1.81. The van der Waals surface area contributed by atoms with Crippen LogP contribution in [0, 0.1) is 5.92 Å². The highest BCUT2D eigenvalue weighted by atomic mass is 16.1. The van der Waals surface area contributed by atoms with Crippen molar-refractivity contribution in [3.05, 3.63) is 35.4 Å². The fourth-order valence-electron chi connectivity index (χ4n) is 3.27. The van der Waals surface area contributed by atoms with Crippen LogP contribution in [0.1, 0.15) is 42.1 Å². The lowest BCUT2D eigenvalue weighted by molar-refractivity contribution is 0.0901. The average molecular weight is 229 g/mol. The van der Waals surface area contributed by atoms with E-state index in [4.69, 9.17) is 0 Å². The van der Waals surface area contributed by atoms with Crippen molar-refractivity contribution in [2.24, 2.45) is 5.92 Å². The van der Waals surface area contributed by atoms with E-state index in [1.54, 1.807) is 0 Å². The maximum atomic E-state index is 12.5. The Morgan fingerprint density at radius 3 is 2.94 bits per heavy atom. The van der Waals surface area contributed by atoms with Crippen molar-refractivity contribution < 1.29 is 4.79 Å². The van der Waals surface area contributed by atoms with Gasteiger partial charge >= 0.3 is 0 Å². The third-order valence-corrected chi connectivity index (χ3v) is 4.26. The second kappa shape index (κ2) is 4.26. The van der Waals surface area contributed by atoms with Gasteiger partial charge in [0, 0.05) is 23.6 Å². The number of ketones is 1. The lowest BCUT2D eigenvalue weighted by Crippen LogP contribution is -2.28. The number of hydrogen-bond acceptors (Lipinski definition) is 2. The molecule has 2 fully saturated rings. The van der Waals surface area contributed by atoms with Gasteiger partial charge in [-0.15, -0.1) is 0 Å². The van der Waals surface area contributed by atoms with Gasteiger partial charge in [-0.2, -0.15) is 0 Å². The van der Waals surface area contributed by atoms with Crippen LogP contribution in [0.15, 0.2) is 24.3 Å². The SMILES string of the molecule is CCc1cccc(C(=O)C2CC3CCC2N3)c1. The van der Waals surface area contributed by atoms with Crippen LogP contribution >= 0.6 is 0 Å². The number of aryl methyl sites for hydroxylation is 1. The van der Waals surface area contributed by atoms with E-state index in [2.05, 4.69) is 24.4 Å². The number of carbonyl (C=O) groups is 1. The van der Waals surface area contributed by atoms with Crippen LogP contribution in [0.5, 0.6) is 0 Å². The first kappa shape index (κ1) is 11.0. The summed E-state index contributed by atoms with van der Waals surface area (Å²) in [6, 6.07) is 9.17. The summed E-state index contributed by atoms with van der Waals surface area (Å²) in [6.07, 6.45) is 4.47. The molecule has 1 aromatic carbocycles. The summed E-state index contributed by atoms with van der Waals surface area (Å²) in [6.45, 7) is 2.13. The number of carbonyl (C=O) groups excluding carboxylic acids is 1. The number of fused-ring (bicyclic) bond motifs is 2. The third kappa shape index (κ3) is 1.91. The minimum absolute atomic E-state index is 0.223. The van der Waals surface area contributed by atoms with Gasteiger partial charge in [-0.1, -0.05) is 25.1 Å². The second-order valence-electron chi connectivity index (χ2n) is 5.31. The van der Waals surface area contributed by atoms with E-state index in [1.165, 1.54) is 18.4 Å². The fourth-order valence-corrected chi connectivity index (χ4v) is 3.27. The zero-order chi connectivity index (χ0) is 11.8. The van der Waals surface area contributed by atoms with Crippen molar-refractivity contribution in [2.45, 2.75) is 44.7 Å². The molecule has 3 unspecified atom stereocenters. The minimum atomic E-state index is 0.223. The summed E-state index contributed by atoms with van der Waals surface area (Å²) in [5, 5.41) is 3.54. The van der Waals surface area contributed by atoms with Crippen LogP contribution in [-0.4, -0.2) is 17.9 Å². The van der Waals surface area contributed by atoms with Crippen LogP contribution < -0.4 is 5.32 Å². The number of rotatable bonds is 3. The van der Waals surface area contributed by atoms with Gasteiger partial charge in [0.1, 0.15) is 0 Å². The Morgan fingerprint density at radius 2 is 2.29 bits per heavy atom. The lowest BCUT2D eigenvalue weighted by Gasteiger charge is -2.19. The highest BCUT2D eigenvalue weighted by molar-refractivity contribution is 5.98. The highest BCUT2D eigenvalue weighted by Crippen LogP contribution is 2.35. The molecule has 3 atom stereocenters. The molecule has 0 spiro atoms. The molecule has 2 heterocycles. The molecule has 0 saturated carbocycles. The van der Waals surface area contributed by atoms with Crippen molar-refractivity contribution in [3.63, 3.8) is 0 Å². The molecular weight excluding hydrogens is 210 g/mol. The minimum Gasteiger partial charge on any atom is -0.310 e. The van der Waals surface area contributed by atoms with Crippen LogP contribution in [0.3, 0.4) is 0 Å². The van der Waals surface area contributed by atoms with Crippen molar-refractivity contribution in [2.75, 3.05) is 0 Å². The molecule has 17 heavy (non-hydrogen) atoms. The Bertz CT molecular complexity index is 440. The summed E-state index contributed by atoms with van der Waals surface area (Å²) in [4.78, 5) is 12.5. The summed E-state index contributed by atoms with van der Waals surface area (Å²) < 4.78 is 0. The molecule has 0 radical (unpaired) electrons. The molecular formula is C15H19NO. The summed E-state index contributed by atoms with van der Waals surface area (Å²) in [5.74, 6) is 0.570. The molecule has 2 aliphatic heterocycles. The molecule has 1 N–H and O–H groups in total.